The largest absolute Gasteiger partial charge is 0.466 e. The molecule has 0 rings (SSSR count). The summed E-state index contributed by atoms with van der Waals surface area (Å²) in [4.78, 5) is 21.6. The summed E-state index contributed by atoms with van der Waals surface area (Å²) < 4.78 is 9.93. The highest BCUT2D eigenvalue weighted by Gasteiger charge is 2.08. The maximum absolute atomic E-state index is 11.1. The van der Waals surface area contributed by atoms with Gasteiger partial charge >= 0.3 is 11.9 Å². The van der Waals surface area contributed by atoms with Gasteiger partial charge in [-0.05, 0) is 32.6 Å². The molecule has 0 aromatic heterocycles. The predicted octanol–water partition coefficient (Wildman–Crippen LogP) is 2.83. The molecule has 0 heterocycles. The zero-order chi connectivity index (χ0) is 13.1. The van der Waals surface area contributed by atoms with E-state index in [1.165, 1.54) is 0 Å². The maximum atomic E-state index is 11.1. The minimum atomic E-state index is -0.240. The third-order valence-electron chi connectivity index (χ3n) is 2.16. The van der Waals surface area contributed by atoms with Crippen LogP contribution in [0.4, 0.5) is 0 Å². The van der Waals surface area contributed by atoms with Crippen molar-refractivity contribution >= 4 is 27.9 Å². The molecule has 0 saturated carbocycles. The van der Waals surface area contributed by atoms with Crippen molar-refractivity contribution in [2.45, 2.75) is 50.8 Å². The van der Waals surface area contributed by atoms with Gasteiger partial charge in [0.05, 0.1) is 13.2 Å². The van der Waals surface area contributed by atoms with Crippen LogP contribution in [0, 0.1) is 0 Å². The van der Waals surface area contributed by atoms with E-state index in [0.29, 0.717) is 19.6 Å². The first-order valence-electron chi connectivity index (χ1n) is 6.04. The zero-order valence-corrected chi connectivity index (χ0v) is 12.1. The summed E-state index contributed by atoms with van der Waals surface area (Å²) in [6.07, 6.45) is 4.12. The minimum Gasteiger partial charge on any atom is -0.466 e. The first-order chi connectivity index (χ1) is 8.07. The third kappa shape index (κ3) is 10.3. The molecule has 0 bridgehead atoms. The van der Waals surface area contributed by atoms with Crippen molar-refractivity contribution in [2.24, 2.45) is 0 Å². The topological polar surface area (TPSA) is 52.6 Å². The highest BCUT2D eigenvalue weighted by molar-refractivity contribution is 9.10. The summed E-state index contributed by atoms with van der Waals surface area (Å²) in [5.41, 5.74) is 0. The molecule has 0 N–H and O–H groups in total. The van der Waals surface area contributed by atoms with Crippen LogP contribution in [-0.4, -0.2) is 30.0 Å². The first-order valence-corrected chi connectivity index (χ1v) is 6.95. The fourth-order valence-electron chi connectivity index (χ4n) is 1.13. The van der Waals surface area contributed by atoms with Gasteiger partial charge in [0.1, 0.15) is 4.83 Å². The Labute approximate surface area is 111 Å². The molecule has 0 saturated heterocycles. The second-order valence-electron chi connectivity index (χ2n) is 3.77. The van der Waals surface area contributed by atoms with Crippen molar-refractivity contribution in [3.63, 3.8) is 0 Å². The van der Waals surface area contributed by atoms with E-state index in [4.69, 9.17) is 9.47 Å². The Morgan fingerprint density at radius 2 is 1.59 bits per heavy atom. The first kappa shape index (κ1) is 16.4. The fourth-order valence-corrected chi connectivity index (χ4v) is 1.27. The Kier molecular flexibility index (Phi) is 10.2. The lowest BCUT2D eigenvalue weighted by molar-refractivity contribution is -0.144. The molecule has 0 aliphatic heterocycles. The second-order valence-corrected chi connectivity index (χ2v) is 5.15. The normalized spacial score (nSPS) is 11.9. The molecular weight excluding hydrogens is 288 g/mol. The van der Waals surface area contributed by atoms with Crippen LogP contribution in [0.5, 0.6) is 0 Å². The van der Waals surface area contributed by atoms with Crippen molar-refractivity contribution in [1.29, 1.82) is 0 Å². The van der Waals surface area contributed by atoms with Crippen LogP contribution >= 0.6 is 15.9 Å². The molecule has 1 atom stereocenters. The lowest BCUT2D eigenvalue weighted by Gasteiger charge is -2.06. The second kappa shape index (κ2) is 10.6. The molecule has 4 nitrogen and oxygen atoms in total. The SMILES string of the molecule is CCC(=O)OCCCCCCOC(=O)C(C)Br. The Balaban J connectivity index is 3.19. The van der Waals surface area contributed by atoms with E-state index in [-0.39, 0.29) is 16.8 Å². The number of unbranched alkanes of at least 4 members (excludes halogenated alkanes) is 3. The monoisotopic (exact) mass is 308 g/mol. The molecule has 0 aromatic carbocycles. The van der Waals surface area contributed by atoms with E-state index in [2.05, 4.69) is 15.9 Å². The van der Waals surface area contributed by atoms with Gasteiger partial charge in [0.25, 0.3) is 0 Å². The van der Waals surface area contributed by atoms with Crippen LogP contribution < -0.4 is 0 Å². The molecule has 0 aromatic rings. The summed E-state index contributed by atoms with van der Waals surface area (Å²) in [6, 6.07) is 0. The number of halogens is 1. The van der Waals surface area contributed by atoms with E-state index < -0.39 is 0 Å². The molecule has 0 aliphatic rings. The Morgan fingerprint density at radius 3 is 2.06 bits per heavy atom. The average Bonchev–Trinajstić information content (AvgIpc) is 2.31. The van der Waals surface area contributed by atoms with Gasteiger partial charge in [0, 0.05) is 6.42 Å². The third-order valence-corrected chi connectivity index (χ3v) is 2.53. The Morgan fingerprint density at radius 1 is 1.06 bits per heavy atom. The van der Waals surface area contributed by atoms with Crippen LogP contribution in [0.2, 0.25) is 0 Å². The molecule has 0 spiro atoms. The van der Waals surface area contributed by atoms with Crippen molar-refractivity contribution in [1.82, 2.24) is 0 Å². The van der Waals surface area contributed by atoms with Gasteiger partial charge in [-0.2, -0.15) is 0 Å². The fraction of sp³-hybridized carbons (Fsp3) is 0.833. The number of hydrogen-bond donors (Lipinski definition) is 0. The van der Waals surface area contributed by atoms with Gasteiger partial charge in [-0.1, -0.05) is 22.9 Å². The van der Waals surface area contributed by atoms with E-state index in [1.54, 1.807) is 13.8 Å². The van der Waals surface area contributed by atoms with E-state index in [9.17, 15) is 9.59 Å². The van der Waals surface area contributed by atoms with Crippen LogP contribution in [-0.2, 0) is 19.1 Å². The summed E-state index contributed by atoms with van der Waals surface area (Å²) in [5.74, 6) is -0.368. The summed E-state index contributed by atoms with van der Waals surface area (Å²) in [5, 5.41) is 0. The number of esters is 2. The Hall–Kier alpha value is -0.580. The molecule has 5 heteroatoms. The van der Waals surface area contributed by atoms with Gasteiger partial charge in [-0.3, -0.25) is 9.59 Å². The maximum Gasteiger partial charge on any atom is 0.319 e. The molecule has 0 radical (unpaired) electrons. The predicted molar refractivity (Wildman–Crippen MR) is 69.1 cm³/mol. The molecule has 0 fully saturated rings. The van der Waals surface area contributed by atoms with E-state index in [1.807, 2.05) is 0 Å². The zero-order valence-electron chi connectivity index (χ0n) is 10.5. The highest BCUT2D eigenvalue weighted by atomic mass is 79.9. The van der Waals surface area contributed by atoms with Gasteiger partial charge in [0.2, 0.25) is 0 Å². The average molecular weight is 309 g/mol. The molecular formula is C12H21BrO4. The van der Waals surface area contributed by atoms with Crippen LogP contribution in [0.25, 0.3) is 0 Å². The van der Waals surface area contributed by atoms with Crippen LogP contribution in [0.15, 0.2) is 0 Å². The molecule has 0 amide bonds. The minimum absolute atomic E-state index is 0.148. The molecule has 17 heavy (non-hydrogen) atoms. The van der Waals surface area contributed by atoms with Gasteiger partial charge in [0.15, 0.2) is 0 Å². The standard InChI is InChI=1S/C12H21BrO4/c1-3-11(14)16-8-6-4-5-7-9-17-12(15)10(2)13/h10H,3-9H2,1-2H3. The summed E-state index contributed by atoms with van der Waals surface area (Å²) in [7, 11) is 0. The van der Waals surface area contributed by atoms with Gasteiger partial charge in [-0.25, -0.2) is 0 Å². The molecule has 100 valence electrons. The number of hydrogen-bond acceptors (Lipinski definition) is 4. The van der Waals surface area contributed by atoms with E-state index >= 15 is 0 Å². The number of ether oxygens (including phenoxy) is 2. The quantitative estimate of drug-likeness (QED) is 0.373. The van der Waals surface area contributed by atoms with Crippen molar-refractivity contribution in [2.75, 3.05) is 13.2 Å². The smallest absolute Gasteiger partial charge is 0.319 e. The number of rotatable bonds is 9. The highest BCUT2D eigenvalue weighted by Crippen LogP contribution is 2.04. The van der Waals surface area contributed by atoms with Gasteiger partial charge < -0.3 is 9.47 Å². The lowest BCUT2D eigenvalue weighted by atomic mass is 10.2. The molecule has 0 aliphatic carbocycles. The Bertz CT molecular complexity index is 229. The van der Waals surface area contributed by atoms with Crippen LogP contribution in [0.1, 0.15) is 46.0 Å². The van der Waals surface area contributed by atoms with Crippen LogP contribution in [0.3, 0.4) is 0 Å². The summed E-state index contributed by atoms with van der Waals surface area (Å²) >= 11 is 3.14. The molecule has 1 unspecified atom stereocenters. The van der Waals surface area contributed by atoms with Crippen molar-refractivity contribution < 1.29 is 19.1 Å². The van der Waals surface area contributed by atoms with Gasteiger partial charge in [-0.15, -0.1) is 0 Å². The summed E-state index contributed by atoms with van der Waals surface area (Å²) in [6.45, 7) is 4.47. The van der Waals surface area contributed by atoms with Crippen molar-refractivity contribution in [3.05, 3.63) is 0 Å². The number of alkyl halides is 1. The number of carbonyl (C=O) groups excluding carboxylic acids is 2. The van der Waals surface area contributed by atoms with Crippen molar-refractivity contribution in [3.8, 4) is 0 Å². The number of carbonyl (C=O) groups is 2. The van der Waals surface area contributed by atoms with E-state index in [0.717, 1.165) is 25.7 Å². The lowest BCUT2D eigenvalue weighted by Crippen LogP contribution is -2.14.